The van der Waals surface area contributed by atoms with Crippen LogP contribution in [0, 0.1) is 0 Å². The first-order valence-corrected chi connectivity index (χ1v) is 10.3. The van der Waals surface area contributed by atoms with E-state index in [1.54, 1.807) is 8.61 Å². The summed E-state index contributed by atoms with van der Waals surface area (Å²) in [7, 11) is -3.47. The van der Waals surface area contributed by atoms with Crippen molar-refractivity contribution < 1.29 is 13.2 Å². The van der Waals surface area contributed by atoms with Gasteiger partial charge in [-0.1, -0.05) is 0 Å². The fourth-order valence-electron chi connectivity index (χ4n) is 3.72. The standard InChI is InChI=1S/C16H24N6O3S/c1-12-9-22(10-13(2)25-12)26(23,24)21-7-5-20(6-8-21)16-14-3-4-17-15(14)18-11-19-16/h3-4,11-13H,5-10H2,1-2H3,(H,17,18,19). The molecule has 2 unspecified atom stereocenters. The van der Waals surface area contributed by atoms with E-state index in [0.29, 0.717) is 39.3 Å². The van der Waals surface area contributed by atoms with Gasteiger partial charge < -0.3 is 14.6 Å². The van der Waals surface area contributed by atoms with Gasteiger partial charge in [-0.25, -0.2) is 9.97 Å². The second kappa shape index (κ2) is 6.76. The Bertz CT molecular complexity index is 867. The van der Waals surface area contributed by atoms with Crippen LogP contribution in [0.25, 0.3) is 11.0 Å². The number of H-pyrrole nitrogens is 1. The van der Waals surface area contributed by atoms with Gasteiger partial charge in [0.2, 0.25) is 0 Å². The zero-order valence-electron chi connectivity index (χ0n) is 15.0. The summed E-state index contributed by atoms with van der Waals surface area (Å²) in [5.41, 5.74) is 0.793. The summed E-state index contributed by atoms with van der Waals surface area (Å²) < 4.78 is 34.8. The molecule has 0 aromatic carbocycles. The van der Waals surface area contributed by atoms with Crippen LogP contribution in [-0.4, -0.2) is 83.5 Å². The quantitative estimate of drug-likeness (QED) is 0.830. The van der Waals surface area contributed by atoms with E-state index in [1.165, 1.54) is 6.33 Å². The molecule has 4 heterocycles. The fraction of sp³-hybridized carbons (Fsp3) is 0.625. The molecule has 2 aliphatic heterocycles. The minimum Gasteiger partial charge on any atom is -0.373 e. The molecule has 0 spiro atoms. The maximum absolute atomic E-state index is 13.0. The molecular formula is C16H24N6O3S. The van der Waals surface area contributed by atoms with Gasteiger partial charge in [0, 0.05) is 45.5 Å². The summed E-state index contributed by atoms with van der Waals surface area (Å²) in [6.45, 7) is 6.72. The van der Waals surface area contributed by atoms with E-state index in [-0.39, 0.29) is 12.2 Å². The minimum absolute atomic E-state index is 0.0855. The predicted octanol–water partition coefficient (Wildman–Crippen LogP) is 0.434. The molecule has 26 heavy (non-hydrogen) atoms. The van der Waals surface area contributed by atoms with Crippen molar-refractivity contribution in [1.29, 1.82) is 0 Å². The molecule has 2 atom stereocenters. The lowest BCUT2D eigenvalue weighted by atomic mass is 10.3. The summed E-state index contributed by atoms with van der Waals surface area (Å²) in [5.74, 6) is 0.849. The number of fused-ring (bicyclic) bond motifs is 1. The smallest absolute Gasteiger partial charge is 0.282 e. The molecule has 0 radical (unpaired) electrons. The highest BCUT2D eigenvalue weighted by atomic mass is 32.2. The molecule has 0 aliphatic carbocycles. The van der Waals surface area contributed by atoms with Crippen LogP contribution in [0.15, 0.2) is 18.6 Å². The number of morpholine rings is 1. The molecule has 4 rings (SSSR count). The van der Waals surface area contributed by atoms with Crippen LogP contribution in [0.5, 0.6) is 0 Å². The number of nitrogens with zero attached hydrogens (tertiary/aromatic N) is 5. The van der Waals surface area contributed by atoms with Crippen LogP contribution < -0.4 is 4.90 Å². The number of hydrogen-bond acceptors (Lipinski definition) is 6. The van der Waals surface area contributed by atoms with E-state index in [4.69, 9.17) is 4.74 Å². The highest BCUT2D eigenvalue weighted by molar-refractivity contribution is 7.86. The van der Waals surface area contributed by atoms with E-state index >= 15 is 0 Å². The van der Waals surface area contributed by atoms with Crippen molar-refractivity contribution in [3.8, 4) is 0 Å². The summed E-state index contributed by atoms with van der Waals surface area (Å²) >= 11 is 0. The van der Waals surface area contributed by atoms with Crippen molar-refractivity contribution in [2.45, 2.75) is 26.1 Å². The average molecular weight is 380 g/mol. The zero-order chi connectivity index (χ0) is 18.3. The Morgan fingerprint density at radius 3 is 2.46 bits per heavy atom. The number of piperazine rings is 1. The van der Waals surface area contributed by atoms with E-state index in [9.17, 15) is 8.42 Å². The maximum atomic E-state index is 13.0. The Labute approximate surface area is 153 Å². The Morgan fingerprint density at radius 1 is 1.08 bits per heavy atom. The Balaban J connectivity index is 1.47. The number of aromatic amines is 1. The van der Waals surface area contributed by atoms with E-state index in [2.05, 4.69) is 19.9 Å². The number of anilines is 1. The Kier molecular flexibility index (Phi) is 4.59. The molecule has 0 bridgehead atoms. The number of nitrogens with one attached hydrogen (secondary N) is 1. The summed E-state index contributed by atoms with van der Waals surface area (Å²) in [6.07, 6.45) is 3.20. The molecule has 9 nitrogen and oxygen atoms in total. The van der Waals surface area contributed by atoms with Crippen molar-refractivity contribution >= 4 is 27.1 Å². The van der Waals surface area contributed by atoms with Gasteiger partial charge in [0.25, 0.3) is 10.2 Å². The van der Waals surface area contributed by atoms with Gasteiger partial charge in [-0.3, -0.25) is 0 Å². The van der Waals surface area contributed by atoms with Crippen LogP contribution in [0.4, 0.5) is 5.82 Å². The SMILES string of the molecule is CC1CN(S(=O)(=O)N2CCN(c3ncnc4[nH]ccc34)CC2)CC(C)O1. The van der Waals surface area contributed by atoms with Gasteiger partial charge in [0.05, 0.1) is 17.6 Å². The van der Waals surface area contributed by atoms with Crippen molar-refractivity contribution in [2.75, 3.05) is 44.2 Å². The third-order valence-electron chi connectivity index (χ3n) is 4.91. The van der Waals surface area contributed by atoms with Crippen LogP contribution >= 0.6 is 0 Å². The Hall–Kier alpha value is -1.75. The lowest BCUT2D eigenvalue weighted by molar-refractivity contribution is -0.0455. The molecule has 142 valence electrons. The molecule has 2 aliphatic rings. The first-order chi connectivity index (χ1) is 12.4. The number of ether oxygens (including phenoxy) is 1. The van der Waals surface area contributed by atoms with E-state index in [1.807, 2.05) is 26.1 Å². The molecular weight excluding hydrogens is 356 g/mol. The predicted molar refractivity (Wildman–Crippen MR) is 98.2 cm³/mol. The van der Waals surface area contributed by atoms with Gasteiger partial charge in [-0.2, -0.15) is 17.0 Å². The van der Waals surface area contributed by atoms with Crippen LogP contribution in [0.1, 0.15) is 13.8 Å². The zero-order valence-corrected chi connectivity index (χ0v) is 15.8. The van der Waals surface area contributed by atoms with Crippen LogP contribution in [0.3, 0.4) is 0 Å². The first-order valence-electron chi connectivity index (χ1n) is 8.89. The van der Waals surface area contributed by atoms with Gasteiger partial charge in [-0.05, 0) is 19.9 Å². The Morgan fingerprint density at radius 2 is 1.77 bits per heavy atom. The van der Waals surface area contributed by atoms with Crippen LogP contribution in [-0.2, 0) is 14.9 Å². The van der Waals surface area contributed by atoms with Gasteiger partial charge in [0.1, 0.15) is 17.8 Å². The molecule has 0 saturated carbocycles. The van der Waals surface area contributed by atoms with Crippen LogP contribution in [0.2, 0.25) is 0 Å². The number of rotatable bonds is 3. The van der Waals surface area contributed by atoms with E-state index < -0.39 is 10.2 Å². The van der Waals surface area contributed by atoms with Crippen molar-refractivity contribution in [3.63, 3.8) is 0 Å². The van der Waals surface area contributed by atoms with Crippen molar-refractivity contribution in [2.24, 2.45) is 0 Å². The monoisotopic (exact) mass is 380 g/mol. The minimum atomic E-state index is -3.47. The molecule has 2 fully saturated rings. The fourth-order valence-corrected chi connectivity index (χ4v) is 5.47. The normalized spacial score (nSPS) is 26.5. The number of hydrogen-bond donors (Lipinski definition) is 1. The first kappa shape index (κ1) is 17.7. The third kappa shape index (κ3) is 3.18. The van der Waals surface area contributed by atoms with Crippen molar-refractivity contribution in [1.82, 2.24) is 23.6 Å². The third-order valence-corrected chi connectivity index (χ3v) is 6.88. The maximum Gasteiger partial charge on any atom is 0.282 e. The highest BCUT2D eigenvalue weighted by Crippen LogP contribution is 2.24. The summed E-state index contributed by atoms with van der Waals surface area (Å²) in [5, 5.41) is 0.958. The second-order valence-electron chi connectivity index (χ2n) is 6.91. The average Bonchev–Trinajstić information content (AvgIpc) is 3.10. The van der Waals surface area contributed by atoms with Crippen molar-refractivity contribution in [3.05, 3.63) is 18.6 Å². The topological polar surface area (TPSA) is 94.7 Å². The molecule has 1 N–H and O–H groups in total. The molecule has 2 aromatic heterocycles. The van der Waals surface area contributed by atoms with Gasteiger partial charge in [-0.15, -0.1) is 0 Å². The lowest BCUT2D eigenvalue weighted by Crippen LogP contribution is -2.57. The molecule has 2 aromatic rings. The largest absolute Gasteiger partial charge is 0.373 e. The summed E-state index contributed by atoms with van der Waals surface area (Å²) in [6, 6.07) is 1.95. The summed E-state index contributed by atoms with van der Waals surface area (Å²) in [4.78, 5) is 13.8. The number of aromatic nitrogens is 3. The van der Waals surface area contributed by atoms with Gasteiger partial charge in [0.15, 0.2) is 0 Å². The molecule has 10 heteroatoms. The molecule has 2 saturated heterocycles. The molecule has 0 amide bonds. The second-order valence-corrected chi connectivity index (χ2v) is 8.83. The van der Waals surface area contributed by atoms with Gasteiger partial charge >= 0.3 is 0 Å². The highest BCUT2D eigenvalue weighted by Gasteiger charge is 2.37. The van der Waals surface area contributed by atoms with E-state index in [0.717, 1.165) is 16.9 Å². The lowest BCUT2D eigenvalue weighted by Gasteiger charge is -2.40.